The number of carbonyl (C=O) groups excluding carboxylic acids is 1. The van der Waals surface area contributed by atoms with Crippen LogP contribution in [0.15, 0.2) is 18.2 Å². The molecule has 4 rings (SSSR count). The molecule has 164 valence electrons. The van der Waals surface area contributed by atoms with Gasteiger partial charge < -0.3 is 20.1 Å². The Hall–Kier alpha value is -1.25. The molecule has 0 aliphatic carbocycles. The zero-order valence-electron chi connectivity index (χ0n) is 16.8. The number of carbonyl (C=O) groups is 1. The number of piperidine rings is 1. The second kappa shape index (κ2) is 11.2. The second-order valence-electron chi connectivity index (χ2n) is 7.67. The minimum atomic E-state index is 0. The summed E-state index contributed by atoms with van der Waals surface area (Å²) in [6, 6.07) is 6.72. The van der Waals surface area contributed by atoms with Gasteiger partial charge in [-0.15, -0.1) is 24.8 Å². The van der Waals surface area contributed by atoms with Crippen molar-refractivity contribution in [2.24, 2.45) is 5.73 Å². The smallest absolute Gasteiger partial charge is 0.231 e. The van der Waals surface area contributed by atoms with Gasteiger partial charge >= 0.3 is 0 Å². The summed E-state index contributed by atoms with van der Waals surface area (Å²) in [7, 11) is 0. The molecule has 3 aliphatic rings. The number of rotatable bonds is 5. The number of benzene rings is 1. The molecule has 7 nitrogen and oxygen atoms in total. The zero-order valence-corrected chi connectivity index (χ0v) is 18.4. The van der Waals surface area contributed by atoms with Crippen LogP contribution in [0.5, 0.6) is 11.5 Å². The predicted octanol–water partition coefficient (Wildman–Crippen LogP) is 1.72. The maximum Gasteiger partial charge on any atom is 0.231 e. The minimum absolute atomic E-state index is 0. The van der Waals surface area contributed by atoms with E-state index >= 15 is 0 Å². The molecule has 3 heterocycles. The van der Waals surface area contributed by atoms with Crippen molar-refractivity contribution in [1.29, 1.82) is 0 Å². The maximum absolute atomic E-state index is 12.2. The lowest BCUT2D eigenvalue weighted by atomic mass is 10.0. The van der Waals surface area contributed by atoms with E-state index < -0.39 is 0 Å². The lowest BCUT2D eigenvalue weighted by Gasteiger charge is -2.43. The molecule has 9 heteroatoms. The number of nitrogens with zero attached hydrogens (tertiary/aromatic N) is 3. The van der Waals surface area contributed by atoms with Gasteiger partial charge in [-0.05, 0) is 30.5 Å². The number of nitrogens with two attached hydrogens (primary N) is 1. The molecule has 0 spiro atoms. The van der Waals surface area contributed by atoms with Crippen molar-refractivity contribution >= 4 is 30.7 Å². The third-order valence-electron chi connectivity index (χ3n) is 5.87. The van der Waals surface area contributed by atoms with Gasteiger partial charge in [0.25, 0.3) is 0 Å². The first kappa shape index (κ1) is 24.0. The second-order valence-corrected chi connectivity index (χ2v) is 7.67. The Morgan fingerprint density at radius 3 is 2.59 bits per heavy atom. The van der Waals surface area contributed by atoms with Crippen molar-refractivity contribution in [3.63, 3.8) is 0 Å². The summed E-state index contributed by atoms with van der Waals surface area (Å²) in [6.45, 7) is 7.70. The molecule has 1 atom stereocenters. The molecule has 3 aliphatic heterocycles. The number of halogens is 2. The molecule has 0 saturated carbocycles. The van der Waals surface area contributed by atoms with Gasteiger partial charge in [-0.2, -0.15) is 0 Å². The third-order valence-corrected chi connectivity index (χ3v) is 5.87. The van der Waals surface area contributed by atoms with Gasteiger partial charge in [-0.1, -0.05) is 6.07 Å². The van der Waals surface area contributed by atoms with Crippen molar-refractivity contribution < 1.29 is 14.3 Å². The molecule has 29 heavy (non-hydrogen) atoms. The summed E-state index contributed by atoms with van der Waals surface area (Å²) in [5.74, 6) is 1.91. The van der Waals surface area contributed by atoms with Crippen LogP contribution in [0.2, 0.25) is 0 Å². The van der Waals surface area contributed by atoms with Crippen molar-refractivity contribution in [2.45, 2.75) is 31.8 Å². The number of hydrogen-bond donors (Lipinski definition) is 1. The van der Waals surface area contributed by atoms with Gasteiger partial charge in [0.05, 0.1) is 0 Å². The lowest BCUT2D eigenvalue weighted by molar-refractivity contribution is -0.133. The molecule has 2 saturated heterocycles. The van der Waals surface area contributed by atoms with E-state index in [2.05, 4.69) is 21.9 Å². The molecule has 0 radical (unpaired) electrons. The Morgan fingerprint density at radius 1 is 1.07 bits per heavy atom. The van der Waals surface area contributed by atoms with Crippen molar-refractivity contribution in [3.8, 4) is 11.5 Å². The highest BCUT2D eigenvalue weighted by Gasteiger charge is 2.29. The minimum Gasteiger partial charge on any atom is -0.454 e. The predicted molar refractivity (Wildman–Crippen MR) is 117 cm³/mol. The fraction of sp³-hybridized carbons (Fsp3) is 0.650. The number of amides is 1. The van der Waals surface area contributed by atoms with Crippen LogP contribution in [0.1, 0.15) is 24.8 Å². The molecule has 1 aromatic carbocycles. The Balaban J connectivity index is 0.00000150. The summed E-state index contributed by atoms with van der Waals surface area (Å²) in [4.78, 5) is 19.2. The Labute approximate surface area is 185 Å². The van der Waals surface area contributed by atoms with Gasteiger partial charge in [0.2, 0.25) is 12.7 Å². The fourth-order valence-electron chi connectivity index (χ4n) is 4.34. The van der Waals surface area contributed by atoms with E-state index in [1.807, 2.05) is 11.0 Å². The van der Waals surface area contributed by atoms with Crippen molar-refractivity contribution in [3.05, 3.63) is 23.8 Å². The normalized spacial score (nSPS) is 22.0. The monoisotopic (exact) mass is 446 g/mol. The highest BCUT2D eigenvalue weighted by molar-refractivity contribution is 5.85. The van der Waals surface area contributed by atoms with E-state index in [-0.39, 0.29) is 30.7 Å². The third kappa shape index (κ3) is 5.89. The van der Waals surface area contributed by atoms with Crippen LogP contribution in [0.4, 0.5) is 0 Å². The van der Waals surface area contributed by atoms with E-state index in [1.165, 1.54) is 12.0 Å². The standard InChI is InChI=1S/C20H30N4O3.2ClH/c21-6-5-20(25)24-7-1-2-17(14-24)23-10-8-22(9-11-23)13-16-3-4-18-19(12-16)27-15-26-18;;/h3-4,12,17H,1-2,5-11,13-15,21H2;2*1H. The molecule has 2 fully saturated rings. The van der Waals surface area contributed by atoms with Crippen LogP contribution in [0, 0.1) is 0 Å². The van der Waals surface area contributed by atoms with E-state index in [0.717, 1.165) is 63.7 Å². The lowest BCUT2D eigenvalue weighted by Crippen LogP contribution is -2.55. The molecule has 0 bridgehead atoms. The van der Waals surface area contributed by atoms with E-state index in [0.29, 0.717) is 25.8 Å². The summed E-state index contributed by atoms with van der Waals surface area (Å²) in [6.07, 6.45) is 2.75. The van der Waals surface area contributed by atoms with Crippen LogP contribution in [-0.2, 0) is 11.3 Å². The maximum atomic E-state index is 12.2. The number of hydrogen-bond acceptors (Lipinski definition) is 6. The quantitative estimate of drug-likeness (QED) is 0.742. The van der Waals surface area contributed by atoms with Gasteiger partial charge in [0.15, 0.2) is 11.5 Å². The first-order valence-corrected chi connectivity index (χ1v) is 10.1. The molecular formula is C20H32Cl2N4O3. The van der Waals surface area contributed by atoms with E-state index in [9.17, 15) is 4.79 Å². The first-order chi connectivity index (χ1) is 13.2. The number of fused-ring (bicyclic) bond motifs is 1. The van der Waals surface area contributed by atoms with Crippen LogP contribution in [-0.4, -0.2) is 79.3 Å². The number of ether oxygens (including phenoxy) is 2. The number of piperazine rings is 1. The molecule has 1 amide bonds. The largest absolute Gasteiger partial charge is 0.454 e. The van der Waals surface area contributed by atoms with E-state index in [4.69, 9.17) is 15.2 Å². The van der Waals surface area contributed by atoms with Crippen molar-refractivity contribution in [1.82, 2.24) is 14.7 Å². The van der Waals surface area contributed by atoms with Gasteiger partial charge in [-0.3, -0.25) is 14.6 Å². The SMILES string of the molecule is Cl.Cl.NCCC(=O)N1CCCC(N2CCN(Cc3ccc4c(c3)OCO4)CC2)C1. The van der Waals surface area contributed by atoms with Crippen LogP contribution < -0.4 is 15.2 Å². The van der Waals surface area contributed by atoms with Crippen LogP contribution >= 0.6 is 24.8 Å². The van der Waals surface area contributed by atoms with Crippen molar-refractivity contribution in [2.75, 3.05) is 52.6 Å². The summed E-state index contributed by atoms with van der Waals surface area (Å²) < 4.78 is 10.9. The van der Waals surface area contributed by atoms with Gasteiger partial charge in [-0.25, -0.2) is 0 Å². The molecule has 1 aromatic rings. The average molecular weight is 447 g/mol. The topological polar surface area (TPSA) is 71.3 Å². The summed E-state index contributed by atoms with van der Waals surface area (Å²) in [5.41, 5.74) is 6.81. The number of likely N-dealkylation sites (tertiary alicyclic amines) is 1. The van der Waals surface area contributed by atoms with Crippen LogP contribution in [0.25, 0.3) is 0 Å². The Kier molecular flexibility index (Phi) is 9.30. The highest BCUT2D eigenvalue weighted by atomic mass is 35.5. The highest BCUT2D eigenvalue weighted by Crippen LogP contribution is 2.33. The molecule has 2 N–H and O–H groups in total. The Morgan fingerprint density at radius 2 is 1.83 bits per heavy atom. The van der Waals surface area contributed by atoms with Crippen LogP contribution in [0.3, 0.4) is 0 Å². The van der Waals surface area contributed by atoms with Gasteiger partial charge in [0.1, 0.15) is 0 Å². The zero-order chi connectivity index (χ0) is 18.6. The molecule has 1 unspecified atom stereocenters. The Bertz CT molecular complexity index is 671. The summed E-state index contributed by atoms with van der Waals surface area (Å²) >= 11 is 0. The fourth-order valence-corrected chi connectivity index (χ4v) is 4.34. The molecular weight excluding hydrogens is 415 g/mol. The first-order valence-electron chi connectivity index (χ1n) is 10.1. The average Bonchev–Trinajstić information content (AvgIpc) is 3.17. The van der Waals surface area contributed by atoms with E-state index in [1.54, 1.807) is 0 Å². The molecule has 0 aromatic heterocycles. The summed E-state index contributed by atoms with van der Waals surface area (Å²) in [5, 5.41) is 0. The van der Waals surface area contributed by atoms with Gasteiger partial charge in [0, 0.05) is 64.8 Å².